The molecule has 3 amide bonds. The van der Waals surface area contributed by atoms with Gasteiger partial charge >= 0.3 is 6.09 Å². The highest BCUT2D eigenvalue weighted by Gasteiger charge is 2.38. The smallest absolute Gasteiger partial charge is 0.407 e. The Balaban J connectivity index is 0.957. The quantitative estimate of drug-likeness (QED) is 0.0702. The highest BCUT2D eigenvalue weighted by atomic mass is 19.1. The molecule has 3 aromatic carbocycles. The van der Waals surface area contributed by atoms with Crippen LogP contribution in [0.4, 0.5) is 9.18 Å². The predicted molar refractivity (Wildman–Crippen MR) is 234 cm³/mol. The lowest BCUT2D eigenvalue weighted by atomic mass is 10.0. The highest BCUT2D eigenvalue weighted by Crippen LogP contribution is 2.36. The van der Waals surface area contributed by atoms with Gasteiger partial charge in [0.15, 0.2) is 0 Å². The van der Waals surface area contributed by atoms with Gasteiger partial charge in [-0.25, -0.2) is 24.1 Å². The molecule has 0 aliphatic carbocycles. The number of imidazole rings is 2. The van der Waals surface area contributed by atoms with Crippen molar-refractivity contribution in [1.82, 2.24) is 45.4 Å². The first-order valence-electron chi connectivity index (χ1n) is 21.3. The number of hydrogen-bond donors (Lipinski definition) is 5. The Labute approximate surface area is 364 Å². The number of aliphatic hydroxyl groups excluding tert-OH is 1. The monoisotopic (exact) mass is 857 g/mol. The van der Waals surface area contributed by atoms with E-state index in [-0.39, 0.29) is 29.8 Å². The molecule has 2 fully saturated rings. The maximum atomic E-state index is 15.9. The van der Waals surface area contributed by atoms with E-state index in [0.717, 1.165) is 41.4 Å². The van der Waals surface area contributed by atoms with Gasteiger partial charge in [0.05, 0.1) is 54.2 Å². The normalized spacial score (nSPS) is 17.9. The lowest BCUT2D eigenvalue weighted by Gasteiger charge is -2.29. The Kier molecular flexibility index (Phi) is 12.9. The number of alkyl carbamates (subject to hydrolysis) is 1. The molecule has 0 bridgehead atoms. The van der Waals surface area contributed by atoms with Crippen molar-refractivity contribution < 1.29 is 33.4 Å². The third-order valence-corrected chi connectivity index (χ3v) is 11.8. The lowest BCUT2D eigenvalue weighted by Crippen LogP contribution is -2.49. The number of pyridine rings is 1. The van der Waals surface area contributed by atoms with E-state index in [1.54, 1.807) is 28.3 Å². The van der Waals surface area contributed by atoms with Crippen molar-refractivity contribution >= 4 is 28.8 Å². The molecule has 63 heavy (non-hydrogen) atoms. The maximum Gasteiger partial charge on any atom is 0.407 e. The van der Waals surface area contributed by atoms with Gasteiger partial charge in [-0.15, -0.1) is 0 Å². The van der Waals surface area contributed by atoms with Crippen LogP contribution in [0.5, 0.6) is 0 Å². The molecule has 6 aromatic rings. The fraction of sp³-hybridized carbons (Fsp3) is 0.362. The zero-order chi connectivity index (χ0) is 44.2. The van der Waals surface area contributed by atoms with Crippen LogP contribution in [0.1, 0.15) is 81.3 Å². The van der Waals surface area contributed by atoms with Crippen LogP contribution in [-0.4, -0.2) is 97.5 Å². The second-order valence-corrected chi connectivity index (χ2v) is 16.5. The van der Waals surface area contributed by atoms with E-state index in [2.05, 4.69) is 30.6 Å². The molecule has 5 heterocycles. The number of fused-ring (bicyclic) bond motifs is 1. The molecular formula is C47H52FN9O6. The van der Waals surface area contributed by atoms with Crippen molar-refractivity contribution in [3.63, 3.8) is 0 Å². The van der Waals surface area contributed by atoms with Gasteiger partial charge in [0.1, 0.15) is 29.5 Å². The van der Waals surface area contributed by atoms with Crippen molar-refractivity contribution in [3.8, 4) is 33.8 Å². The second kappa shape index (κ2) is 18.9. The van der Waals surface area contributed by atoms with Crippen LogP contribution in [0.15, 0.2) is 91.3 Å². The zero-order valence-corrected chi connectivity index (χ0v) is 35.7. The van der Waals surface area contributed by atoms with E-state index in [0.29, 0.717) is 65.7 Å². The number of aromatic nitrogens is 5. The molecule has 0 saturated carbocycles. The fourth-order valence-electron chi connectivity index (χ4n) is 8.70. The molecule has 2 aliphatic rings. The van der Waals surface area contributed by atoms with Crippen LogP contribution in [0.3, 0.4) is 0 Å². The minimum Gasteiger partial charge on any atom is -0.453 e. The average molecular weight is 858 g/mol. The number of amides is 3. The molecule has 3 aromatic heterocycles. The summed E-state index contributed by atoms with van der Waals surface area (Å²) in [6.07, 6.45) is 4.87. The average Bonchev–Trinajstić information content (AvgIpc) is 4.15. The number of likely N-dealkylation sites (tertiary alicyclic amines) is 2. The van der Waals surface area contributed by atoms with Gasteiger partial charge in [-0.3, -0.25) is 14.9 Å². The Bertz CT molecular complexity index is 2580. The number of carbonyl (C=O) groups excluding carboxylic acids is 3. The Morgan fingerprint density at radius 3 is 2.17 bits per heavy atom. The number of aliphatic hydroxyl groups is 1. The Morgan fingerprint density at radius 1 is 0.841 bits per heavy atom. The van der Waals surface area contributed by atoms with Gasteiger partial charge in [-0.2, -0.15) is 0 Å². The summed E-state index contributed by atoms with van der Waals surface area (Å²) in [5.41, 5.74) is 5.16. The Morgan fingerprint density at radius 2 is 1.51 bits per heavy atom. The van der Waals surface area contributed by atoms with Gasteiger partial charge < -0.3 is 39.7 Å². The van der Waals surface area contributed by atoms with E-state index < -0.39 is 30.4 Å². The number of benzene rings is 3. The standard InChI is InChI=1S/C47H52FN9O6/c1-27(2)22-36(54-46(60)62-3)44(58)56-20-8-12-39(56)42-49-25-37(52-42)30-16-19-34-29(23-30)15-18-35(51-34)31-14-17-32(33(48)24-31)38-26-50-43(53-38)40-13-9-21-57(40)45(59)41(55-47(61)63-4)28-10-6-5-7-11-28/h5-7,10-11,14-19,23-27,36,39-41,47,55,61H,8-9,12-13,20-22H2,1-4H3,(H,49,52)(H,50,53)(H,54,60). The summed E-state index contributed by atoms with van der Waals surface area (Å²) in [5.74, 6) is 0.592. The van der Waals surface area contributed by atoms with Gasteiger partial charge in [0.2, 0.25) is 18.2 Å². The van der Waals surface area contributed by atoms with Gasteiger partial charge in [-0.05, 0) is 73.9 Å². The van der Waals surface area contributed by atoms with Crippen LogP contribution in [-0.2, 0) is 19.1 Å². The van der Waals surface area contributed by atoms with E-state index >= 15 is 4.39 Å². The van der Waals surface area contributed by atoms with Gasteiger partial charge in [-0.1, -0.05) is 62.4 Å². The van der Waals surface area contributed by atoms with E-state index in [1.807, 2.05) is 80.6 Å². The largest absolute Gasteiger partial charge is 0.453 e. The van der Waals surface area contributed by atoms with Crippen molar-refractivity contribution in [1.29, 1.82) is 0 Å². The zero-order valence-electron chi connectivity index (χ0n) is 35.7. The number of aromatic amines is 2. The minimum atomic E-state index is -1.34. The summed E-state index contributed by atoms with van der Waals surface area (Å²) in [5, 5.41) is 16.7. The number of nitrogens with one attached hydrogen (secondary N) is 4. The molecule has 0 spiro atoms. The summed E-state index contributed by atoms with van der Waals surface area (Å²) < 4.78 is 25.7. The molecule has 16 heteroatoms. The molecule has 5 unspecified atom stereocenters. The first-order chi connectivity index (χ1) is 30.5. The molecule has 2 aliphatic heterocycles. The number of methoxy groups -OCH3 is 2. The molecule has 2 saturated heterocycles. The molecule has 15 nitrogen and oxygen atoms in total. The Hall–Kier alpha value is -6.49. The number of H-pyrrole nitrogens is 2. The van der Waals surface area contributed by atoms with Crippen molar-refractivity contribution in [2.45, 2.75) is 76.5 Å². The van der Waals surface area contributed by atoms with Gasteiger partial charge in [0.25, 0.3) is 0 Å². The molecular weight excluding hydrogens is 806 g/mol. The van der Waals surface area contributed by atoms with Crippen LogP contribution in [0.2, 0.25) is 0 Å². The van der Waals surface area contributed by atoms with Crippen molar-refractivity contribution in [2.75, 3.05) is 27.3 Å². The predicted octanol–water partition coefficient (Wildman–Crippen LogP) is 7.17. The van der Waals surface area contributed by atoms with E-state index in [9.17, 15) is 19.5 Å². The summed E-state index contributed by atoms with van der Waals surface area (Å²) in [7, 11) is 2.64. The number of nitrogens with zero attached hydrogens (tertiary/aromatic N) is 5. The lowest BCUT2D eigenvalue weighted by molar-refractivity contribution is -0.143. The summed E-state index contributed by atoms with van der Waals surface area (Å²) >= 11 is 0. The molecule has 8 rings (SSSR count). The third kappa shape index (κ3) is 9.33. The van der Waals surface area contributed by atoms with Crippen molar-refractivity contribution in [2.24, 2.45) is 5.92 Å². The number of hydrogen-bond acceptors (Lipinski definition) is 10. The first kappa shape index (κ1) is 43.2. The number of halogens is 1. The number of ether oxygens (including phenoxy) is 2. The number of rotatable bonds is 14. The van der Waals surface area contributed by atoms with Crippen LogP contribution in [0, 0.1) is 11.7 Å². The van der Waals surface area contributed by atoms with E-state index in [1.165, 1.54) is 20.3 Å². The fourth-order valence-corrected chi connectivity index (χ4v) is 8.70. The maximum absolute atomic E-state index is 15.9. The first-order valence-corrected chi connectivity index (χ1v) is 21.3. The minimum absolute atomic E-state index is 0.152. The molecule has 5 N–H and O–H groups in total. The molecule has 0 radical (unpaired) electrons. The topological polar surface area (TPSA) is 191 Å². The third-order valence-electron chi connectivity index (χ3n) is 11.8. The van der Waals surface area contributed by atoms with Gasteiger partial charge in [0, 0.05) is 42.3 Å². The summed E-state index contributed by atoms with van der Waals surface area (Å²) in [4.78, 5) is 64.1. The summed E-state index contributed by atoms with van der Waals surface area (Å²) in [6.45, 7) is 5.08. The van der Waals surface area contributed by atoms with Crippen molar-refractivity contribution in [3.05, 3.63) is 114 Å². The molecule has 328 valence electrons. The summed E-state index contributed by atoms with van der Waals surface area (Å²) in [6, 6.07) is 21.7. The van der Waals surface area contributed by atoms with Crippen LogP contribution >= 0.6 is 0 Å². The molecule has 5 atom stereocenters. The highest BCUT2D eigenvalue weighted by molar-refractivity contribution is 5.87. The van der Waals surface area contributed by atoms with Crippen LogP contribution < -0.4 is 10.6 Å². The second-order valence-electron chi connectivity index (χ2n) is 16.5. The SMILES string of the molecule is COC(=O)NC(CC(C)C)C(=O)N1CCCC1c1ncc(-c2ccc3nc(-c4ccc(-c5cnc(C6CCCN6C(=O)C(NC(O)OC)c6ccccc6)[nH]5)c(F)c4)ccc3c2)[nH]1. The number of carbonyl (C=O) groups is 3. The van der Waals surface area contributed by atoms with Crippen LogP contribution in [0.25, 0.3) is 44.7 Å². The van der Waals surface area contributed by atoms with E-state index in [4.69, 9.17) is 14.5 Å².